The van der Waals surface area contributed by atoms with E-state index < -0.39 is 0 Å². The number of unbranched alkanes of at least 4 members (excludes halogenated alkanes) is 2. The Morgan fingerprint density at radius 3 is 1.33 bits per heavy atom. The number of imidazole rings is 2. The van der Waals surface area contributed by atoms with Gasteiger partial charge in [-0.2, -0.15) is 0 Å². The van der Waals surface area contributed by atoms with E-state index in [1.54, 1.807) is 0 Å². The van der Waals surface area contributed by atoms with Crippen LogP contribution in [0.3, 0.4) is 0 Å². The lowest BCUT2D eigenvalue weighted by Gasteiger charge is -2.09. The van der Waals surface area contributed by atoms with Crippen molar-refractivity contribution in [1.29, 1.82) is 0 Å². The lowest BCUT2D eigenvalue weighted by Crippen LogP contribution is -2.09. The van der Waals surface area contributed by atoms with E-state index in [1.165, 1.54) is 9.37 Å². The van der Waals surface area contributed by atoms with Crippen molar-refractivity contribution < 1.29 is 18.8 Å². The quantitative estimate of drug-likeness (QED) is 0.0253. The molecule has 0 aliphatic carbocycles. The second-order valence-electron chi connectivity index (χ2n) is 13.9. The number of rotatable bonds is 16. The zero-order valence-corrected chi connectivity index (χ0v) is 31.6. The van der Waals surface area contributed by atoms with Crippen molar-refractivity contribution in [3.63, 3.8) is 0 Å². The van der Waals surface area contributed by atoms with Gasteiger partial charge in [0.15, 0.2) is 13.4 Å². The van der Waals surface area contributed by atoms with Crippen molar-refractivity contribution in [3.05, 3.63) is 144 Å². The molecule has 12 heteroatoms. The van der Waals surface area contributed by atoms with E-state index in [0.29, 0.717) is 13.2 Å². The monoisotopic (exact) mass is 756 g/mol. The molecular weight excluding hydrogens is 713 g/mol. The molecule has 0 amide bonds. The molecule has 0 aliphatic heterocycles. The van der Waals surface area contributed by atoms with Crippen molar-refractivity contribution in [2.24, 2.45) is 11.7 Å². The van der Waals surface area contributed by atoms with E-state index in [2.05, 4.69) is 47.7 Å². The van der Waals surface area contributed by atoms with Gasteiger partial charge < -0.3 is 19.4 Å². The van der Waals surface area contributed by atoms with E-state index in [-0.39, 0.29) is 0 Å². The molecule has 8 rings (SSSR count). The maximum Gasteiger partial charge on any atom is 0.236 e. The zero-order valence-electron chi connectivity index (χ0n) is 31.6. The summed E-state index contributed by atoms with van der Waals surface area (Å²) >= 11 is 0. The summed E-state index contributed by atoms with van der Waals surface area (Å²) in [6.07, 6.45) is 5.03. The van der Waals surface area contributed by atoms with Crippen LogP contribution in [0.25, 0.3) is 44.8 Å². The third kappa shape index (κ3) is 8.97. The molecule has 6 N–H and O–H groups in total. The van der Waals surface area contributed by atoms with E-state index in [1.807, 2.05) is 97.1 Å². The molecule has 0 atom stereocenters. The van der Waals surface area contributed by atoms with Crippen molar-refractivity contribution in [2.75, 3.05) is 0 Å². The number of aromatic amines is 2. The number of hydrogen-bond acceptors (Lipinski definition) is 8. The number of H-pyrrole nitrogens is 2. The Balaban J connectivity index is 0.761. The SMILES string of the molecule is C=[N+](N)c1ccc2nc(-c3ccc(OCc4cccc(CCCCCc5cccc(COc6ccc(-c7nc8ccc([N+](=C)N)cc8[nH]7)cc6)n5)n4)cc3)[nH]c2c1. The van der Waals surface area contributed by atoms with Crippen LogP contribution < -0.4 is 21.2 Å². The molecule has 0 unspecified atom stereocenters. The number of nitrogens with zero attached hydrogens (tertiary/aromatic N) is 6. The maximum absolute atomic E-state index is 6.08. The van der Waals surface area contributed by atoms with Crippen LogP contribution in [0.15, 0.2) is 121 Å². The normalized spacial score (nSPS) is 11.2. The number of hydrazine groups is 2. The largest absolute Gasteiger partial charge is 0.487 e. The summed E-state index contributed by atoms with van der Waals surface area (Å²) in [6, 6.07) is 39.6. The Bertz CT molecular complexity index is 2500. The zero-order chi connectivity index (χ0) is 39.1. The van der Waals surface area contributed by atoms with E-state index in [4.69, 9.17) is 41.1 Å². The predicted octanol–water partition coefficient (Wildman–Crippen LogP) is 8.11. The fourth-order valence-electron chi connectivity index (χ4n) is 6.65. The summed E-state index contributed by atoms with van der Waals surface area (Å²) in [6.45, 7) is 8.27. The van der Waals surface area contributed by atoms with Gasteiger partial charge in [0.05, 0.1) is 33.5 Å². The number of ether oxygens (including phenoxy) is 2. The Morgan fingerprint density at radius 2 is 0.912 bits per heavy atom. The highest BCUT2D eigenvalue weighted by Gasteiger charge is 2.12. The number of fused-ring (bicyclic) bond motifs is 2. The lowest BCUT2D eigenvalue weighted by molar-refractivity contribution is -0.442. The molecule has 4 aromatic carbocycles. The highest BCUT2D eigenvalue weighted by Crippen LogP contribution is 2.27. The Hall–Kier alpha value is -7.34. The Labute approximate surface area is 330 Å². The average molecular weight is 757 g/mol. The summed E-state index contributed by atoms with van der Waals surface area (Å²) in [4.78, 5) is 25.8. The minimum Gasteiger partial charge on any atom is -0.487 e. The van der Waals surface area contributed by atoms with E-state index in [0.717, 1.165) is 123 Å². The number of nitrogens with one attached hydrogen (secondary N) is 2. The van der Waals surface area contributed by atoms with Gasteiger partial charge in [0.1, 0.15) is 36.4 Å². The Morgan fingerprint density at radius 1 is 0.491 bits per heavy atom. The smallest absolute Gasteiger partial charge is 0.236 e. The summed E-state index contributed by atoms with van der Waals surface area (Å²) < 4.78 is 14.8. The van der Waals surface area contributed by atoms with Gasteiger partial charge in [-0.05, 0) is 111 Å². The van der Waals surface area contributed by atoms with Gasteiger partial charge in [-0.25, -0.2) is 21.7 Å². The first-order chi connectivity index (χ1) is 27.8. The summed E-state index contributed by atoms with van der Waals surface area (Å²) in [5.74, 6) is 14.6. The van der Waals surface area contributed by atoms with Crippen LogP contribution in [0.2, 0.25) is 0 Å². The topological polar surface area (TPSA) is 160 Å². The first-order valence-electron chi connectivity index (χ1n) is 18.9. The molecule has 12 nitrogen and oxygen atoms in total. The number of hydrazone groups is 2. The number of aromatic nitrogens is 6. The lowest BCUT2D eigenvalue weighted by atomic mass is 10.1. The van der Waals surface area contributed by atoms with E-state index in [9.17, 15) is 0 Å². The van der Waals surface area contributed by atoms with Gasteiger partial charge in [-0.15, -0.1) is 0 Å². The molecule has 57 heavy (non-hydrogen) atoms. The number of aryl methyl sites for hydroxylation is 2. The number of benzene rings is 4. The molecule has 0 spiro atoms. The van der Waals surface area contributed by atoms with Gasteiger partial charge in [0.2, 0.25) is 11.4 Å². The molecule has 0 saturated carbocycles. The fourth-order valence-corrected chi connectivity index (χ4v) is 6.65. The number of nitrogens with two attached hydrogens (primary N) is 2. The highest BCUT2D eigenvalue weighted by molar-refractivity contribution is 5.82. The van der Waals surface area contributed by atoms with Crippen molar-refractivity contribution >= 4 is 46.9 Å². The van der Waals surface area contributed by atoms with Gasteiger partial charge in [-0.1, -0.05) is 27.9 Å². The van der Waals surface area contributed by atoms with Gasteiger partial charge in [-0.3, -0.25) is 9.97 Å². The summed E-state index contributed by atoms with van der Waals surface area (Å²) in [5, 5.41) is 0. The average Bonchev–Trinajstić information content (AvgIpc) is 3.87. The van der Waals surface area contributed by atoms with Crippen molar-refractivity contribution in [3.8, 4) is 34.3 Å². The summed E-state index contributed by atoms with van der Waals surface area (Å²) in [5.41, 5.74) is 11.0. The molecule has 4 aromatic heterocycles. The maximum atomic E-state index is 6.08. The molecule has 8 aromatic rings. The second kappa shape index (κ2) is 16.6. The molecule has 0 aliphatic rings. The molecule has 0 bridgehead atoms. The molecule has 0 fully saturated rings. The predicted molar refractivity (Wildman–Crippen MR) is 224 cm³/mol. The van der Waals surface area contributed by atoms with Crippen LogP contribution in [-0.4, -0.2) is 52.7 Å². The van der Waals surface area contributed by atoms with Crippen LogP contribution in [0, 0.1) is 0 Å². The van der Waals surface area contributed by atoms with Crippen LogP contribution >= 0.6 is 0 Å². The number of pyridine rings is 2. The standard InChI is InChI=1S/C45H44N10O2/c1-54(46)36-18-24-40-42(26-36)52-44(50-40)30-14-20-38(21-15-30)56-28-34-12-6-10-32(48-34)8-4-3-5-9-33-11-7-13-35(49-33)29-57-39-22-16-31(17-23-39)45-51-41-25-19-37(55(2)47)27-43(41)53-45/h6-7,10-27H,1-5,8-9,28-29,46-47H2,(H,50,52)(H,51,53)/q+2. The molecule has 284 valence electrons. The molecular formula is C45H44N10O2+2. The first-order valence-corrected chi connectivity index (χ1v) is 18.9. The van der Waals surface area contributed by atoms with Gasteiger partial charge in [0.25, 0.3) is 0 Å². The van der Waals surface area contributed by atoms with Crippen LogP contribution in [-0.2, 0) is 26.1 Å². The first kappa shape index (κ1) is 36.6. The van der Waals surface area contributed by atoms with Gasteiger partial charge >= 0.3 is 0 Å². The number of hydrogen-bond donors (Lipinski definition) is 4. The minimum absolute atomic E-state index is 0.397. The molecule has 4 heterocycles. The van der Waals surface area contributed by atoms with Crippen LogP contribution in [0.1, 0.15) is 42.0 Å². The summed E-state index contributed by atoms with van der Waals surface area (Å²) in [7, 11) is 0. The third-order valence-electron chi connectivity index (χ3n) is 9.72. The molecule has 0 saturated heterocycles. The fraction of sp³-hybridized carbons (Fsp3) is 0.156. The van der Waals surface area contributed by atoms with Crippen molar-refractivity contribution in [1.82, 2.24) is 29.9 Å². The highest BCUT2D eigenvalue weighted by atomic mass is 16.5. The third-order valence-corrected chi connectivity index (χ3v) is 9.72. The minimum atomic E-state index is 0.397. The van der Waals surface area contributed by atoms with Crippen molar-refractivity contribution in [2.45, 2.75) is 45.3 Å². The second-order valence-corrected chi connectivity index (χ2v) is 13.9. The van der Waals surface area contributed by atoms with Gasteiger partial charge in [0, 0.05) is 46.8 Å². The Kier molecular flexibility index (Phi) is 10.7. The van der Waals surface area contributed by atoms with Crippen LogP contribution in [0.5, 0.6) is 11.5 Å². The van der Waals surface area contributed by atoms with Crippen LogP contribution in [0.4, 0.5) is 11.4 Å². The van der Waals surface area contributed by atoms with E-state index >= 15 is 0 Å². The molecule has 0 radical (unpaired) electrons.